The highest BCUT2D eigenvalue weighted by atomic mass is 16.8. The van der Waals surface area contributed by atoms with Gasteiger partial charge < -0.3 is 39.0 Å². The van der Waals surface area contributed by atoms with Crippen molar-refractivity contribution in [3.05, 3.63) is 89.0 Å². The number of carbonyl (C=O) groups excluding carboxylic acids is 4. The third-order valence-corrected chi connectivity index (χ3v) is 12.8. The lowest BCUT2D eigenvalue weighted by atomic mass is 9.89. The lowest BCUT2D eigenvalue weighted by molar-refractivity contribution is -0.190. The van der Waals surface area contributed by atoms with E-state index in [2.05, 4.69) is 31.3 Å². The van der Waals surface area contributed by atoms with Crippen molar-refractivity contribution in [2.45, 2.75) is 185 Å². The fourth-order valence-corrected chi connectivity index (χ4v) is 9.19. The number of rotatable bonds is 22. The second kappa shape index (κ2) is 22.7. The van der Waals surface area contributed by atoms with Gasteiger partial charge in [-0.15, -0.1) is 0 Å². The summed E-state index contributed by atoms with van der Waals surface area (Å²) < 4.78 is 31.2. The van der Waals surface area contributed by atoms with Crippen molar-refractivity contribution in [1.29, 1.82) is 0 Å². The smallest absolute Gasteiger partial charge is 0.338 e. The summed E-state index contributed by atoms with van der Waals surface area (Å²) in [5.74, 6) is -2.26. The summed E-state index contributed by atoms with van der Waals surface area (Å²) in [7, 11) is 1.59. The van der Waals surface area contributed by atoms with Crippen LogP contribution in [0, 0.1) is 5.92 Å². The number of ether oxygens (including phenoxy) is 5. The van der Waals surface area contributed by atoms with Gasteiger partial charge in [-0.1, -0.05) is 94.1 Å². The number of nitrogens with one attached hydrogen (secondary N) is 1. The third-order valence-electron chi connectivity index (χ3n) is 12.8. The van der Waals surface area contributed by atoms with Gasteiger partial charge in [0.25, 0.3) is 0 Å². The molecule has 0 bridgehead atoms. The molecular formula is C52H72N2O10. The van der Waals surface area contributed by atoms with E-state index in [1.165, 1.54) is 4.90 Å². The zero-order chi connectivity index (χ0) is 45.9. The van der Waals surface area contributed by atoms with Gasteiger partial charge in [-0.25, -0.2) is 4.79 Å². The van der Waals surface area contributed by atoms with Gasteiger partial charge in [0.2, 0.25) is 11.8 Å². The number of unbranched alkanes of at least 4 members (excludes halogenated alkanes) is 4. The Kier molecular flexibility index (Phi) is 17.4. The molecule has 0 spiro atoms. The van der Waals surface area contributed by atoms with Crippen molar-refractivity contribution >= 4 is 29.8 Å². The van der Waals surface area contributed by atoms with Gasteiger partial charge in [0.1, 0.15) is 30.0 Å². The van der Waals surface area contributed by atoms with E-state index in [1.54, 1.807) is 46.0 Å². The van der Waals surface area contributed by atoms with E-state index in [4.69, 9.17) is 23.7 Å². The van der Waals surface area contributed by atoms with Crippen LogP contribution < -0.4 is 5.32 Å². The maximum atomic E-state index is 14.8. The fourth-order valence-electron chi connectivity index (χ4n) is 9.19. The molecule has 8 atom stereocenters. The molecule has 0 aromatic heterocycles. The normalized spacial score (nSPS) is 24.5. The number of benzene rings is 2. The van der Waals surface area contributed by atoms with E-state index >= 15 is 0 Å². The van der Waals surface area contributed by atoms with Crippen molar-refractivity contribution in [1.82, 2.24) is 10.2 Å². The fraction of sp³-hybridized carbons (Fsp3) is 0.615. The number of aliphatic hydroxyl groups is 1. The zero-order valence-electron chi connectivity index (χ0n) is 38.9. The molecule has 64 heavy (non-hydrogen) atoms. The number of likely N-dealkylation sites (N-methyl/N-ethyl adjacent to an activating group) is 1. The highest BCUT2D eigenvalue weighted by molar-refractivity contribution is 5.97. The Balaban J connectivity index is 1.22. The van der Waals surface area contributed by atoms with E-state index < -0.39 is 72.1 Å². The summed E-state index contributed by atoms with van der Waals surface area (Å²) in [6.07, 6.45) is 15.8. The third kappa shape index (κ3) is 13.8. The van der Waals surface area contributed by atoms with Gasteiger partial charge in [-0.2, -0.15) is 0 Å². The molecule has 2 saturated heterocycles. The Hall–Kier alpha value is -4.36. The zero-order valence-corrected chi connectivity index (χ0v) is 38.9. The standard InChI is InChI=1S/C52H72N2O10/c1-7-9-14-28-52(29-15-10-8-2)62-45-33-39(32-44(47(45)64-52)61-50(59)38-23-20-35(21-24-38)18-19-37-22-26-42-43(31-37)60-42)49(58)54(6)41(30-36-16-12-11-13-17-36)48(57)53-40(34-55)25-27-46(56)63-51(3,4)5/h11-13,16-21,23-24,33,37,40-45,47,55H,7-10,14-15,22,25-32,34H2,1-6H3,(H,53,57). The molecule has 350 valence electrons. The van der Waals surface area contributed by atoms with E-state index in [9.17, 15) is 24.3 Å². The molecule has 2 aromatic carbocycles. The van der Waals surface area contributed by atoms with Gasteiger partial charge in [-0.3, -0.25) is 14.4 Å². The Morgan fingerprint density at radius 2 is 1.64 bits per heavy atom. The number of allylic oxidation sites excluding steroid dienone is 1. The van der Waals surface area contributed by atoms with E-state index in [0.717, 1.165) is 68.9 Å². The van der Waals surface area contributed by atoms with Crippen LogP contribution in [0.15, 0.2) is 72.3 Å². The number of nitrogens with zero attached hydrogens (tertiary/aromatic N) is 1. The first-order valence-electron chi connectivity index (χ1n) is 23.8. The van der Waals surface area contributed by atoms with Crippen molar-refractivity contribution in [3.8, 4) is 0 Å². The number of fused-ring (bicyclic) bond motifs is 2. The Morgan fingerprint density at radius 1 is 0.938 bits per heavy atom. The first-order valence-corrected chi connectivity index (χ1v) is 23.8. The summed E-state index contributed by atoms with van der Waals surface area (Å²) in [4.78, 5) is 56.8. The molecule has 2 aliphatic heterocycles. The molecule has 12 nitrogen and oxygen atoms in total. The van der Waals surface area contributed by atoms with Crippen LogP contribution in [0.3, 0.4) is 0 Å². The maximum absolute atomic E-state index is 14.8. The van der Waals surface area contributed by atoms with Gasteiger partial charge in [0, 0.05) is 44.7 Å². The van der Waals surface area contributed by atoms with Gasteiger partial charge in [-0.05, 0) is 94.5 Å². The summed E-state index contributed by atoms with van der Waals surface area (Å²) in [5, 5.41) is 13.1. The van der Waals surface area contributed by atoms with E-state index in [-0.39, 0.29) is 25.7 Å². The molecule has 6 rings (SSSR count). The number of epoxide rings is 1. The second-order valence-corrected chi connectivity index (χ2v) is 19.2. The van der Waals surface area contributed by atoms with Crippen molar-refractivity contribution in [3.63, 3.8) is 0 Å². The van der Waals surface area contributed by atoms with Crippen molar-refractivity contribution in [2.75, 3.05) is 13.7 Å². The molecule has 2 aromatic rings. The summed E-state index contributed by atoms with van der Waals surface area (Å²) in [6, 6.07) is 15.0. The molecule has 0 radical (unpaired) electrons. The summed E-state index contributed by atoms with van der Waals surface area (Å²) in [6.45, 7) is 9.25. The van der Waals surface area contributed by atoms with Crippen molar-refractivity contribution < 1.29 is 48.0 Å². The molecule has 2 N–H and O–H groups in total. The molecule has 12 heteroatoms. The van der Waals surface area contributed by atoms with Crippen LogP contribution in [0.1, 0.15) is 146 Å². The van der Waals surface area contributed by atoms with Crippen LogP contribution in [0.2, 0.25) is 0 Å². The molecule has 8 unspecified atom stereocenters. The summed E-state index contributed by atoms with van der Waals surface area (Å²) >= 11 is 0. The number of carbonyl (C=O) groups is 4. The minimum absolute atomic E-state index is 0.00460. The number of esters is 2. The quantitative estimate of drug-likeness (QED) is 0.0670. The molecule has 4 aliphatic rings. The van der Waals surface area contributed by atoms with Crippen LogP contribution in [0.5, 0.6) is 0 Å². The molecule has 2 amide bonds. The van der Waals surface area contributed by atoms with Gasteiger partial charge >= 0.3 is 11.9 Å². The number of hydrogen-bond acceptors (Lipinski definition) is 10. The molecule has 2 heterocycles. The van der Waals surface area contributed by atoms with Crippen LogP contribution >= 0.6 is 0 Å². The number of amides is 2. The minimum atomic E-state index is -0.988. The van der Waals surface area contributed by atoms with E-state index in [1.807, 2.05) is 42.5 Å². The molecule has 2 aliphatic carbocycles. The monoisotopic (exact) mass is 885 g/mol. The average Bonchev–Trinajstić information content (AvgIpc) is 3.96. The summed E-state index contributed by atoms with van der Waals surface area (Å²) in [5.41, 5.74) is 1.90. The predicted octanol–water partition coefficient (Wildman–Crippen LogP) is 8.43. The van der Waals surface area contributed by atoms with Crippen molar-refractivity contribution in [2.24, 2.45) is 5.92 Å². The van der Waals surface area contributed by atoms with Gasteiger partial charge in [0.05, 0.1) is 30.4 Å². The number of aliphatic hydroxyl groups excluding tert-OH is 1. The SMILES string of the molecule is CCCCCC1(CCCCC)OC2C=C(C(=O)N(C)C(Cc3ccccc3)C(=O)NC(CO)CCC(=O)OC(C)(C)C)CC(OC(=O)c3ccc(C=CC4CCC5OC5C4)cc3)C2O1. The second-order valence-electron chi connectivity index (χ2n) is 19.2. The predicted molar refractivity (Wildman–Crippen MR) is 245 cm³/mol. The maximum Gasteiger partial charge on any atom is 0.338 e. The Morgan fingerprint density at radius 3 is 2.28 bits per heavy atom. The largest absolute Gasteiger partial charge is 0.460 e. The first-order chi connectivity index (χ1) is 30.7. The van der Waals surface area contributed by atoms with Crippen LogP contribution in [-0.4, -0.2) is 101 Å². The van der Waals surface area contributed by atoms with Crippen LogP contribution in [-0.2, 0) is 44.5 Å². The van der Waals surface area contributed by atoms with Crippen LogP contribution in [0.25, 0.3) is 6.08 Å². The lowest BCUT2D eigenvalue weighted by Crippen LogP contribution is -2.53. The average molecular weight is 885 g/mol. The van der Waals surface area contributed by atoms with Crippen LogP contribution in [0.4, 0.5) is 0 Å². The molecule has 1 saturated carbocycles. The minimum Gasteiger partial charge on any atom is -0.460 e. The molecular weight excluding hydrogens is 813 g/mol. The first kappa shape index (κ1) is 49.1. The highest BCUT2D eigenvalue weighted by Gasteiger charge is 2.53. The lowest BCUT2D eigenvalue weighted by Gasteiger charge is -2.34. The highest BCUT2D eigenvalue weighted by Crippen LogP contribution is 2.44. The van der Waals surface area contributed by atoms with E-state index in [0.29, 0.717) is 42.1 Å². The number of hydrogen-bond donors (Lipinski definition) is 2. The Bertz CT molecular complexity index is 1910. The molecule has 3 fully saturated rings. The Labute approximate surface area is 380 Å². The van der Waals surface area contributed by atoms with Gasteiger partial charge in [0.15, 0.2) is 5.79 Å². The topological polar surface area (TPSA) is 153 Å².